The maximum atomic E-state index is 4.37. The molecule has 0 spiro atoms. The predicted octanol–water partition coefficient (Wildman–Crippen LogP) is 2.46. The maximum absolute atomic E-state index is 4.37. The molecule has 0 aliphatic carbocycles. The maximum Gasteiger partial charge on any atom is 0.224 e. The van der Waals surface area contributed by atoms with Gasteiger partial charge in [0.15, 0.2) is 0 Å². The van der Waals surface area contributed by atoms with Crippen LogP contribution in [-0.2, 0) is 0 Å². The van der Waals surface area contributed by atoms with Gasteiger partial charge in [0.2, 0.25) is 5.95 Å². The van der Waals surface area contributed by atoms with Crippen molar-refractivity contribution in [3.63, 3.8) is 0 Å². The van der Waals surface area contributed by atoms with Crippen molar-refractivity contribution in [3.8, 4) is 0 Å². The minimum absolute atomic E-state index is 0.442. The van der Waals surface area contributed by atoms with Crippen LogP contribution in [0.15, 0.2) is 12.3 Å². The smallest absolute Gasteiger partial charge is 0.224 e. The van der Waals surface area contributed by atoms with E-state index in [1.165, 1.54) is 5.75 Å². The van der Waals surface area contributed by atoms with E-state index in [4.69, 9.17) is 0 Å². The van der Waals surface area contributed by atoms with Crippen molar-refractivity contribution in [2.45, 2.75) is 26.3 Å². The molecular weight excluding hydrogens is 220 g/mol. The minimum atomic E-state index is 0.442. The predicted molar refractivity (Wildman–Crippen MR) is 72.3 cm³/mol. The monoisotopic (exact) mass is 240 g/mol. The Balaban J connectivity index is 2.49. The Labute approximate surface area is 102 Å². The molecule has 0 fully saturated rings. The molecule has 1 atom stereocenters. The molecule has 1 aromatic heterocycles. The van der Waals surface area contributed by atoms with Gasteiger partial charge in [-0.3, -0.25) is 0 Å². The number of anilines is 2. The van der Waals surface area contributed by atoms with Gasteiger partial charge in [-0.25, -0.2) is 4.98 Å². The summed E-state index contributed by atoms with van der Waals surface area (Å²) in [6.07, 6.45) is 5.04. The van der Waals surface area contributed by atoms with Gasteiger partial charge >= 0.3 is 0 Å². The van der Waals surface area contributed by atoms with Gasteiger partial charge in [-0.15, -0.1) is 0 Å². The second kappa shape index (κ2) is 7.33. The van der Waals surface area contributed by atoms with Gasteiger partial charge < -0.3 is 10.6 Å². The number of rotatable bonds is 7. The molecule has 0 saturated heterocycles. The Kier molecular flexibility index (Phi) is 6.00. The molecule has 4 nitrogen and oxygen atoms in total. The van der Waals surface area contributed by atoms with Crippen molar-refractivity contribution < 1.29 is 0 Å². The van der Waals surface area contributed by atoms with Gasteiger partial charge in [0.1, 0.15) is 5.82 Å². The van der Waals surface area contributed by atoms with Crippen molar-refractivity contribution >= 4 is 23.5 Å². The molecular formula is C11H20N4S. The third-order valence-electron chi connectivity index (χ3n) is 2.14. The molecule has 90 valence electrons. The van der Waals surface area contributed by atoms with Crippen LogP contribution in [0.25, 0.3) is 0 Å². The lowest BCUT2D eigenvalue weighted by Crippen LogP contribution is -2.17. The van der Waals surface area contributed by atoms with Crippen LogP contribution >= 0.6 is 11.8 Å². The highest BCUT2D eigenvalue weighted by Crippen LogP contribution is 2.09. The van der Waals surface area contributed by atoms with E-state index in [9.17, 15) is 0 Å². The summed E-state index contributed by atoms with van der Waals surface area (Å²) in [7, 11) is 0. The summed E-state index contributed by atoms with van der Waals surface area (Å²) in [5, 5.41) is 6.47. The second-order valence-electron chi connectivity index (χ2n) is 3.62. The Morgan fingerprint density at radius 1 is 1.50 bits per heavy atom. The van der Waals surface area contributed by atoms with Crippen molar-refractivity contribution in [1.82, 2.24) is 9.97 Å². The number of hydrogen-bond acceptors (Lipinski definition) is 5. The molecule has 0 aromatic carbocycles. The SMILES string of the molecule is CCNc1nccc(NC(C)CCSC)n1. The van der Waals surface area contributed by atoms with Crippen LogP contribution in [0.3, 0.4) is 0 Å². The van der Waals surface area contributed by atoms with Crippen LogP contribution in [0.2, 0.25) is 0 Å². The summed E-state index contributed by atoms with van der Waals surface area (Å²) >= 11 is 1.87. The molecule has 0 aliphatic heterocycles. The largest absolute Gasteiger partial charge is 0.367 e. The van der Waals surface area contributed by atoms with Gasteiger partial charge in [-0.2, -0.15) is 16.7 Å². The molecule has 1 aromatic rings. The lowest BCUT2D eigenvalue weighted by atomic mass is 10.2. The third kappa shape index (κ3) is 4.70. The molecule has 0 saturated carbocycles. The van der Waals surface area contributed by atoms with E-state index in [1.54, 1.807) is 6.20 Å². The standard InChI is InChI=1S/C11H20N4S/c1-4-12-11-13-7-5-10(15-11)14-9(2)6-8-16-3/h5,7,9H,4,6,8H2,1-3H3,(H2,12,13,14,15). The van der Waals surface area contributed by atoms with Crippen LogP contribution in [0.1, 0.15) is 20.3 Å². The molecule has 1 unspecified atom stereocenters. The van der Waals surface area contributed by atoms with Crippen molar-refractivity contribution in [1.29, 1.82) is 0 Å². The first-order valence-corrected chi connectivity index (χ1v) is 6.98. The topological polar surface area (TPSA) is 49.8 Å². The average Bonchev–Trinajstić information content (AvgIpc) is 2.27. The summed E-state index contributed by atoms with van der Waals surface area (Å²) in [5.74, 6) is 2.74. The molecule has 0 amide bonds. The molecule has 5 heteroatoms. The van der Waals surface area contributed by atoms with Gasteiger partial charge in [0, 0.05) is 18.8 Å². The molecule has 1 rings (SSSR count). The first-order chi connectivity index (χ1) is 7.76. The molecule has 0 aliphatic rings. The van der Waals surface area contributed by atoms with Crippen LogP contribution in [0.4, 0.5) is 11.8 Å². The van der Waals surface area contributed by atoms with Crippen molar-refractivity contribution in [3.05, 3.63) is 12.3 Å². The Morgan fingerprint density at radius 2 is 2.31 bits per heavy atom. The number of thioether (sulfide) groups is 1. The zero-order chi connectivity index (χ0) is 11.8. The van der Waals surface area contributed by atoms with Crippen LogP contribution in [-0.4, -0.2) is 34.6 Å². The van der Waals surface area contributed by atoms with E-state index in [0.717, 1.165) is 18.8 Å². The normalized spacial score (nSPS) is 12.2. The summed E-state index contributed by atoms with van der Waals surface area (Å²) < 4.78 is 0. The highest BCUT2D eigenvalue weighted by Gasteiger charge is 2.03. The van der Waals surface area contributed by atoms with E-state index in [-0.39, 0.29) is 0 Å². The zero-order valence-corrected chi connectivity index (χ0v) is 11.0. The molecule has 16 heavy (non-hydrogen) atoms. The fourth-order valence-corrected chi connectivity index (χ4v) is 1.89. The molecule has 0 radical (unpaired) electrons. The minimum Gasteiger partial charge on any atom is -0.367 e. The van der Waals surface area contributed by atoms with Gasteiger partial charge in [-0.1, -0.05) is 0 Å². The van der Waals surface area contributed by atoms with E-state index in [1.807, 2.05) is 24.8 Å². The first kappa shape index (κ1) is 13.1. The number of nitrogens with zero attached hydrogens (tertiary/aromatic N) is 2. The van der Waals surface area contributed by atoms with Crippen LogP contribution in [0.5, 0.6) is 0 Å². The number of hydrogen-bond donors (Lipinski definition) is 2. The van der Waals surface area contributed by atoms with E-state index in [2.05, 4.69) is 33.8 Å². The second-order valence-corrected chi connectivity index (χ2v) is 4.61. The lowest BCUT2D eigenvalue weighted by Gasteiger charge is -2.14. The van der Waals surface area contributed by atoms with Gasteiger partial charge in [-0.05, 0) is 38.3 Å². The van der Waals surface area contributed by atoms with E-state index in [0.29, 0.717) is 12.0 Å². The summed E-state index contributed by atoms with van der Waals surface area (Å²) in [6.45, 7) is 5.04. The fraction of sp³-hybridized carbons (Fsp3) is 0.636. The van der Waals surface area contributed by atoms with Crippen molar-refractivity contribution in [2.24, 2.45) is 0 Å². The lowest BCUT2D eigenvalue weighted by molar-refractivity contribution is 0.766. The highest BCUT2D eigenvalue weighted by atomic mass is 32.2. The first-order valence-electron chi connectivity index (χ1n) is 5.58. The van der Waals surface area contributed by atoms with E-state index >= 15 is 0 Å². The third-order valence-corrected chi connectivity index (χ3v) is 2.78. The van der Waals surface area contributed by atoms with Crippen molar-refractivity contribution in [2.75, 3.05) is 29.2 Å². The Morgan fingerprint density at radius 3 is 3.00 bits per heavy atom. The summed E-state index contributed by atoms with van der Waals surface area (Å²) in [6, 6.07) is 2.34. The number of nitrogens with one attached hydrogen (secondary N) is 2. The number of aromatic nitrogens is 2. The fourth-order valence-electron chi connectivity index (χ4n) is 1.30. The van der Waals surface area contributed by atoms with E-state index < -0.39 is 0 Å². The molecule has 1 heterocycles. The zero-order valence-electron chi connectivity index (χ0n) is 10.2. The summed E-state index contributed by atoms with van der Waals surface area (Å²) in [5.41, 5.74) is 0. The van der Waals surface area contributed by atoms with Gasteiger partial charge in [0.05, 0.1) is 0 Å². The van der Waals surface area contributed by atoms with Gasteiger partial charge in [0.25, 0.3) is 0 Å². The van der Waals surface area contributed by atoms with Crippen LogP contribution in [0, 0.1) is 0 Å². The van der Waals surface area contributed by atoms with Crippen LogP contribution < -0.4 is 10.6 Å². The Bertz CT molecular complexity index is 306. The summed E-state index contributed by atoms with van der Waals surface area (Å²) in [4.78, 5) is 8.50. The highest BCUT2D eigenvalue weighted by molar-refractivity contribution is 7.98. The average molecular weight is 240 g/mol. The molecule has 0 bridgehead atoms. The molecule has 2 N–H and O–H groups in total. The Hall–Kier alpha value is -0.970. The quantitative estimate of drug-likeness (QED) is 0.766.